The molecular weight excluding hydrogens is 296 g/mol. The Morgan fingerprint density at radius 2 is 2.13 bits per heavy atom. The summed E-state index contributed by atoms with van der Waals surface area (Å²) in [5.41, 5.74) is 1.21. The average molecular weight is 320 g/mol. The summed E-state index contributed by atoms with van der Waals surface area (Å²) in [6.45, 7) is 6.13. The number of anilines is 2. The van der Waals surface area contributed by atoms with Gasteiger partial charge in [0, 0.05) is 51.0 Å². The van der Waals surface area contributed by atoms with Crippen LogP contribution in [0.4, 0.5) is 11.8 Å². The zero-order valence-corrected chi connectivity index (χ0v) is 14.2. The van der Waals surface area contributed by atoms with Gasteiger partial charge >= 0.3 is 5.97 Å². The molecule has 0 amide bonds. The third kappa shape index (κ3) is 2.52. The third-order valence-corrected chi connectivity index (χ3v) is 5.18. The molecule has 0 saturated carbocycles. The highest BCUT2D eigenvalue weighted by Crippen LogP contribution is 2.44. The van der Waals surface area contributed by atoms with Gasteiger partial charge in [0.1, 0.15) is 5.82 Å². The van der Waals surface area contributed by atoms with Crippen LogP contribution in [-0.2, 0) is 9.53 Å². The van der Waals surface area contributed by atoms with Crippen molar-refractivity contribution in [1.82, 2.24) is 9.97 Å². The second-order valence-electron chi connectivity index (χ2n) is 6.82. The van der Waals surface area contributed by atoms with E-state index >= 15 is 0 Å². The molecule has 23 heavy (non-hydrogen) atoms. The van der Waals surface area contributed by atoms with Gasteiger partial charge in [-0.3, -0.25) is 4.79 Å². The molecule has 2 saturated heterocycles. The van der Waals surface area contributed by atoms with E-state index in [4.69, 9.17) is 4.74 Å². The number of carboxylic acids is 1. The fourth-order valence-electron chi connectivity index (χ4n) is 3.57. The van der Waals surface area contributed by atoms with E-state index in [9.17, 15) is 9.90 Å². The molecule has 2 atom stereocenters. The number of rotatable bonds is 3. The van der Waals surface area contributed by atoms with Gasteiger partial charge in [-0.1, -0.05) is 0 Å². The number of aryl methyl sites for hydroxylation is 1. The first kappa shape index (κ1) is 16.0. The summed E-state index contributed by atoms with van der Waals surface area (Å²) < 4.78 is 5.53. The highest BCUT2D eigenvalue weighted by molar-refractivity contribution is 5.77. The van der Waals surface area contributed by atoms with Gasteiger partial charge in [-0.25, -0.2) is 4.98 Å². The van der Waals surface area contributed by atoms with Gasteiger partial charge in [0.25, 0.3) is 0 Å². The molecule has 1 aromatic rings. The minimum Gasteiger partial charge on any atom is -0.481 e. The summed E-state index contributed by atoms with van der Waals surface area (Å²) in [5.74, 6) is 0.783. The molecule has 0 radical (unpaired) electrons. The quantitative estimate of drug-likeness (QED) is 0.893. The van der Waals surface area contributed by atoms with Crippen molar-refractivity contribution in [3.8, 4) is 0 Å². The lowest BCUT2D eigenvalue weighted by molar-refractivity contribution is -0.157. The fraction of sp³-hybridized carbons (Fsp3) is 0.688. The molecule has 1 aromatic heterocycles. The molecule has 7 heteroatoms. The van der Waals surface area contributed by atoms with Crippen molar-refractivity contribution in [3.63, 3.8) is 0 Å². The van der Waals surface area contributed by atoms with E-state index in [1.807, 2.05) is 32.8 Å². The van der Waals surface area contributed by atoms with Crippen molar-refractivity contribution >= 4 is 17.7 Å². The predicted molar refractivity (Wildman–Crippen MR) is 87.0 cm³/mol. The van der Waals surface area contributed by atoms with Gasteiger partial charge in [0.15, 0.2) is 0 Å². The molecule has 126 valence electrons. The molecular formula is C16H24N4O3. The van der Waals surface area contributed by atoms with Crippen LogP contribution >= 0.6 is 0 Å². The van der Waals surface area contributed by atoms with Crippen molar-refractivity contribution in [2.75, 3.05) is 50.2 Å². The molecule has 0 spiro atoms. The van der Waals surface area contributed by atoms with Crippen LogP contribution in [-0.4, -0.2) is 61.4 Å². The Hall–Kier alpha value is -1.89. The maximum absolute atomic E-state index is 11.9. The Kier molecular flexibility index (Phi) is 3.91. The second kappa shape index (κ2) is 5.63. The number of aromatic nitrogens is 2. The van der Waals surface area contributed by atoms with Gasteiger partial charge in [0.2, 0.25) is 5.95 Å². The highest BCUT2D eigenvalue weighted by Gasteiger charge is 2.54. The van der Waals surface area contributed by atoms with Crippen LogP contribution in [0.5, 0.6) is 0 Å². The van der Waals surface area contributed by atoms with E-state index in [1.54, 1.807) is 0 Å². The lowest BCUT2D eigenvalue weighted by Crippen LogP contribution is -2.44. The highest BCUT2D eigenvalue weighted by atomic mass is 16.5. The zero-order chi connectivity index (χ0) is 16.8. The average Bonchev–Trinajstić information content (AvgIpc) is 2.90. The van der Waals surface area contributed by atoms with E-state index in [0.717, 1.165) is 17.1 Å². The predicted octanol–water partition coefficient (Wildman–Crippen LogP) is 1.09. The smallest absolute Gasteiger partial charge is 0.311 e. The number of carboxylic acid groups (broad SMARTS) is 1. The van der Waals surface area contributed by atoms with Crippen molar-refractivity contribution in [2.45, 2.75) is 20.3 Å². The number of ether oxygens (including phenoxy) is 1. The molecule has 2 fully saturated rings. The topological polar surface area (TPSA) is 78.8 Å². The summed E-state index contributed by atoms with van der Waals surface area (Å²) >= 11 is 0. The van der Waals surface area contributed by atoms with Crippen molar-refractivity contribution in [1.29, 1.82) is 0 Å². The molecule has 0 aliphatic carbocycles. The minimum atomic E-state index is -0.720. The number of nitrogens with zero attached hydrogens (tertiary/aromatic N) is 4. The molecule has 7 nitrogen and oxygen atoms in total. The monoisotopic (exact) mass is 320 g/mol. The second-order valence-corrected chi connectivity index (χ2v) is 6.82. The van der Waals surface area contributed by atoms with Crippen LogP contribution in [0.25, 0.3) is 0 Å². The summed E-state index contributed by atoms with van der Waals surface area (Å²) in [6.07, 6.45) is 0.563. The molecule has 2 aliphatic rings. The summed E-state index contributed by atoms with van der Waals surface area (Å²) in [4.78, 5) is 25.1. The Labute approximate surface area is 136 Å². The normalized spacial score (nSPS) is 27.0. The molecule has 0 unspecified atom stereocenters. The summed E-state index contributed by atoms with van der Waals surface area (Å²) in [7, 11) is 3.81. The maximum Gasteiger partial charge on any atom is 0.311 e. The van der Waals surface area contributed by atoms with E-state index in [0.29, 0.717) is 38.7 Å². The van der Waals surface area contributed by atoms with Gasteiger partial charge in [0.05, 0.1) is 12.0 Å². The Bertz CT molecular complexity index is 634. The van der Waals surface area contributed by atoms with Gasteiger partial charge in [-0.2, -0.15) is 4.98 Å². The largest absolute Gasteiger partial charge is 0.481 e. The maximum atomic E-state index is 11.9. The Morgan fingerprint density at radius 1 is 1.39 bits per heavy atom. The molecule has 2 aliphatic heterocycles. The molecule has 0 aromatic carbocycles. The van der Waals surface area contributed by atoms with Crippen LogP contribution < -0.4 is 9.80 Å². The van der Waals surface area contributed by atoms with E-state index in [2.05, 4.69) is 14.9 Å². The Balaban J connectivity index is 1.99. The lowest BCUT2D eigenvalue weighted by Gasteiger charge is -2.34. The van der Waals surface area contributed by atoms with Crippen LogP contribution in [0.15, 0.2) is 0 Å². The number of hydrogen-bond donors (Lipinski definition) is 1. The van der Waals surface area contributed by atoms with E-state index in [-0.39, 0.29) is 5.92 Å². The fourth-order valence-corrected chi connectivity index (χ4v) is 3.57. The summed E-state index contributed by atoms with van der Waals surface area (Å²) in [5, 5.41) is 9.81. The Morgan fingerprint density at radius 3 is 2.74 bits per heavy atom. The first-order valence-corrected chi connectivity index (χ1v) is 7.94. The first-order valence-electron chi connectivity index (χ1n) is 7.94. The third-order valence-electron chi connectivity index (χ3n) is 5.18. The number of carbonyl (C=O) groups is 1. The van der Waals surface area contributed by atoms with E-state index in [1.165, 1.54) is 0 Å². The number of fused-ring (bicyclic) bond motifs is 1. The van der Waals surface area contributed by atoms with Gasteiger partial charge in [-0.15, -0.1) is 0 Å². The zero-order valence-electron chi connectivity index (χ0n) is 14.2. The minimum absolute atomic E-state index is 0.00577. The molecule has 1 N–H and O–H groups in total. The lowest BCUT2D eigenvalue weighted by atomic mass is 9.74. The van der Waals surface area contributed by atoms with Crippen LogP contribution in [0, 0.1) is 25.2 Å². The summed E-state index contributed by atoms with van der Waals surface area (Å²) in [6, 6.07) is 0. The molecule has 0 bridgehead atoms. The SMILES string of the molecule is Cc1nc(N(C)C)nc(N2C[C@@H]3COCC[C@]3(C(=O)O)C2)c1C. The molecule has 3 rings (SSSR count). The van der Waals surface area contributed by atoms with Crippen LogP contribution in [0.2, 0.25) is 0 Å². The van der Waals surface area contributed by atoms with Crippen molar-refractivity contribution < 1.29 is 14.6 Å². The number of hydrogen-bond acceptors (Lipinski definition) is 6. The van der Waals surface area contributed by atoms with Crippen molar-refractivity contribution in [3.05, 3.63) is 11.3 Å². The first-order chi connectivity index (χ1) is 10.8. The van der Waals surface area contributed by atoms with Crippen molar-refractivity contribution in [2.24, 2.45) is 11.3 Å². The van der Waals surface area contributed by atoms with Crippen LogP contribution in [0.3, 0.4) is 0 Å². The number of aliphatic carboxylic acids is 1. The standard InChI is InChI=1S/C16H24N4O3/c1-10-11(2)17-15(19(3)4)18-13(10)20-7-12-8-23-6-5-16(12,9-20)14(21)22/h12H,5-9H2,1-4H3,(H,21,22)/t12-,16+/m1/s1. The van der Waals surface area contributed by atoms with Gasteiger partial charge in [-0.05, 0) is 20.3 Å². The van der Waals surface area contributed by atoms with E-state index < -0.39 is 11.4 Å². The molecule has 3 heterocycles. The van der Waals surface area contributed by atoms with Gasteiger partial charge < -0.3 is 19.6 Å². The van der Waals surface area contributed by atoms with Crippen LogP contribution in [0.1, 0.15) is 17.7 Å².